The fraction of sp³-hybridized carbons (Fsp3) is 0.143. The van der Waals surface area contributed by atoms with E-state index in [1.54, 1.807) is 36.4 Å². The van der Waals surface area contributed by atoms with Crippen LogP contribution in [0, 0.1) is 0 Å². The van der Waals surface area contributed by atoms with Gasteiger partial charge in [-0.05, 0) is 23.3 Å². The van der Waals surface area contributed by atoms with Crippen LogP contribution in [0.25, 0.3) is 0 Å². The van der Waals surface area contributed by atoms with E-state index in [1.165, 1.54) is 0 Å². The van der Waals surface area contributed by atoms with Crippen molar-refractivity contribution in [3.05, 3.63) is 70.7 Å². The van der Waals surface area contributed by atoms with Crippen molar-refractivity contribution in [2.45, 2.75) is 5.60 Å². The van der Waals surface area contributed by atoms with Crippen molar-refractivity contribution >= 4 is 11.6 Å². The van der Waals surface area contributed by atoms with Crippen LogP contribution in [0.5, 0.6) is 0 Å². The van der Waals surface area contributed by atoms with E-state index in [1.807, 2.05) is 18.2 Å². The largest absolute Gasteiger partial charge is 0.393 e. The molecule has 0 aliphatic rings. The Hall–Kier alpha value is -1.35. The van der Waals surface area contributed by atoms with Crippen molar-refractivity contribution in [2.24, 2.45) is 0 Å². The molecule has 0 amide bonds. The monoisotopic (exact) mass is 248 g/mol. The zero-order valence-electron chi connectivity index (χ0n) is 9.18. The van der Waals surface area contributed by atoms with Crippen LogP contribution in [-0.2, 0) is 5.60 Å². The van der Waals surface area contributed by atoms with Crippen LogP contribution in [0.1, 0.15) is 11.1 Å². The molecule has 0 aliphatic heterocycles. The lowest BCUT2D eigenvalue weighted by Crippen LogP contribution is -2.31. The molecule has 2 N–H and O–H groups in total. The molecule has 2 nitrogen and oxygen atoms in total. The molecule has 2 rings (SSSR count). The third-order valence-corrected chi connectivity index (χ3v) is 3.05. The molecule has 0 spiro atoms. The second kappa shape index (κ2) is 4.88. The summed E-state index contributed by atoms with van der Waals surface area (Å²) in [5.41, 5.74) is -0.105. The van der Waals surface area contributed by atoms with Crippen molar-refractivity contribution in [3.8, 4) is 0 Å². The molecule has 0 saturated heterocycles. The highest BCUT2D eigenvalue weighted by atomic mass is 35.5. The van der Waals surface area contributed by atoms with Crippen molar-refractivity contribution < 1.29 is 10.2 Å². The Balaban J connectivity index is 2.48. The third-order valence-electron chi connectivity index (χ3n) is 2.80. The summed E-state index contributed by atoms with van der Waals surface area (Å²) in [4.78, 5) is 0. The van der Waals surface area contributed by atoms with Gasteiger partial charge in [0.25, 0.3) is 0 Å². The minimum atomic E-state index is -1.38. The smallest absolute Gasteiger partial charge is 0.138 e. The van der Waals surface area contributed by atoms with Crippen LogP contribution in [0.2, 0.25) is 5.02 Å². The normalized spacial score (nSPS) is 14.3. The number of benzene rings is 2. The van der Waals surface area contributed by atoms with Crippen LogP contribution < -0.4 is 0 Å². The van der Waals surface area contributed by atoms with E-state index in [9.17, 15) is 10.2 Å². The van der Waals surface area contributed by atoms with Gasteiger partial charge < -0.3 is 10.2 Å². The van der Waals surface area contributed by atoms with Gasteiger partial charge in [0.2, 0.25) is 0 Å². The zero-order chi connectivity index (χ0) is 12.3. The number of hydrogen-bond acceptors (Lipinski definition) is 2. The van der Waals surface area contributed by atoms with E-state index in [-0.39, 0.29) is 6.61 Å². The maximum atomic E-state index is 10.6. The highest BCUT2D eigenvalue weighted by Gasteiger charge is 2.30. The average molecular weight is 249 g/mol. The lowest BCUT2D eigenvalue weighted by Gasteiger charge is -2.27. The molecule has 17 heavy (non-hydrogen) atoms. The van der Waals surface area contributed by atoms with Gasteiger partial charge >= 0.3 is 0 Å². The molecular weight excluding hydrogens is 236 g/mol. The Bertz CT molecular complexity index is 481. The van der Waals surface area contributed by atoms with E-state index >= 15 is 0 Å². The van der Waals surface area contributed by atoms with Gasteiger partial charge in [0, 0.05) is 5.02 Å². The number of halogens is 1. The molecule has 3 heteroatoms. The summed E-state index contributed by atoms with van der Waals surface area (Å²) in [5.74, 6) is 0. The molecule has 2 aromatic rings. The molecule has 1 unspecified atom stereocenters. The molecule has 0 aromatic heterocycles. The fourth-order valence-corrected chi connectivity index (χ4v) is 1.91. The van der Waals surface area contributed by atoms with E-state index < -0.39 is 5.60 Å². The van der Waals surface area contributed by atoms with Gasteiger partial charge in [-0.3, -0.25) is 0 Å². The molecule has 0 radical (unpaired) electrons. The summed E-state index contributed by atoms with van der Waals surface area (Å²) in [6.07, 6.45) is 0. The van der Waals surface area contributed by atoms with E-state index in [0.29, 0.717) is 16.1 Å². The molecule has 88 valence electrons. The molecule has 2 aromatic carbocycles. The topological polar surface area (TPSA) is 40.5 Å². The van der Waals surface area contributed by atoms with E-state index in [0.717, 1.165) is 0 Å². The quantitative estimate of drug-likeness (QED) is 0.877. The van der Waals surface area contributed by atoms with Gasteiger partial charge in [-0.15, -0.1) is 0 Å². The first-order valence-corrected chi connectivity index (χ1v) is 5.69. The highest BCUT2D eigenvalue weighted by molar-refractivity contribution is 6.30. The molecule has 0 aliphatic carbocycles. The number of aliphatic hydroxyl groups excluding tert-OH is 1. The maximum Gasteiger partial charge on any atom is 0.138 e. The van der Waals surface area contributed by atoms with Gasteiger partial charge in [0.15, 0.2) is 0 Å². The first-order chi connectivity index (χ1) is 8.16. The second-order valence-electron chi connectivity index (χ2n) is 3.89. The van der Waals surface area contributed by atoms with Crippen molar-refractivity contribution in [3.63, 3.8) is 0 Å². The minimum Gasteiger partial charge on any atom is -0.393 e. The van der Waals surface area contributed by atoms with Crippen LogP contribution in [0.15, 0.2) is 54.6 Å². The van der Waals surface area contributed by atoms with Gasteiger partial charge in [-0.25, -0.2) is 0 Å². The van der Waals surface area contributed by atoms with Crippen molar-refractivity contribution in [1.82, 2.24) is 0 Å². The summed E-state index contributed by atoms with van der Waals surface area (Å²) in [7, 11) is 0. The minimum absolute atomic E-state index is 0.376. The standard InChI is InChI=1S/C14H13ClO2/c15-13-8-6-12(7-9-13)14(17,10-16)11-4-2-1-3-5-11/h1-9,16-17H,10H2. The number of aliphatic hydroxyl groups is 2. The van der Waals surface area contributed by atoms with Gasteiger partial charge in [0.05, 0.1) is 6.61 Å². The Morgan fingerprint density at radius 1 is 0.882 bits per heavy atom. The predicted molar refractivity (Wildman–Crippen MR) is 68.0 cm³/mol. The Morgan fingerprint density at radius 2 is 1.41 bits per heavy atom. The van der Waals surface area contributed by atoms with Gasteiger partial charge in [-0.2, -0.15) is 0 Å². The fourth-order valence-electron chi connectivity index (χ4n) is 1.79. The Labute approximate surface area is 105 Å². The third kappa shape index (κ3) is 2.34. The summed E-state index contributed by atoms with van der Waals surface area (Å²) in [5, 5.41) is 20.6. The van der Waals surface area contributed by atoms with E-state index in [2.05, 4.69) is 0 Å². The first kappa shape index (κ1) is 12.1. The Morgan fingerprint density at radius 3 is 1.94 bits per heavy atom. The zero-order valence-corrected chi connectivity index (χ0v) is 9.93. The lowest BCUT2D eigenvalue weighted by atomic mass is 9.87. The van der Waals surface area contributed by atoms with Crippen LogP contribution in [0.3, 0.4) is 0 Å². The van der Waals surface area contributed by atoms with Crippen molar-refractivity contribution in [2.75, 3.05) is 6.61 Å². The number of rotatable bonds is 3. The molecule has 0 saturated carbocycles. The van der Waals surface area contributed by atoms with Gasteiger partial charge in [0.1, 0.15) is 5.60 Å². The SMILES string of the molecule is OCC(O)(c1ccccc1)c1ccc(Cl)cc1. The van der Waals surface area contributed by atoms with Crippen LogP contribution >= 0.6 is 11.6 Å². The maximum absolute atomic E-state index is 10.6. The number of hydrogen-bond donors (Lipinski definition) is 2. The molecule has 1 atom stereocenters. The summed E-state index contributed by atoms with van der Waals surface area (Å²) >= 11 is 5.81. The molecule has 0 heterocycles. The lowest BCUT2D eigenvalue weighted by molar-refractivity contribution is 0.0173. The highest BCUT2D eigenvalue weighted by Crippen LogP contribution is 2.29. The van der Waals surface area contributed by atoms with E-state index in [4.69, 9.17) is 11.6 Å². The molecule has 0 bridgehead atoms. The van der Waals surface area contributed by atoms with Crippen LogP contribution in [0.4, 0.5) is 0 Å². The molecular formula is C14H13ClO2. The predicted octanol–water partition coefficient (Wildman–Crippen LogP) is 2.57. The summed E-state index contributed by atoms with van der Waals surface area (Å²) in [6, 6.07) is 15.9. The van der Waals surface area contributed by atoms with Crippen molar-refractivity contribution in [1.29, 1.82) is 0 Å². The summed E-state index contributed by atoms with van der Waals surface area (Å²) < 4.78 is 0. The van der Waals surface area contributed by atoms with Gasteiger partial charge in [-0.1, -0.05) is 54.1 Å². The average Bonchev–Trinajstić information content (AvgIpc) is 2.40. The Kier molecular flexibility index (Phi) is 3.48. The molecule has 0 fully saturated rings. The second-order valence-corrected chi connectivity index (χ2v) is 4.33. The first-order valence-electron chi connectivity index (χ1n) is 5.31. The van der Waals surface area contributed by atoms with Crippen LogP contribution in [-0.4, -0.2) is 16.8 Å². The summed E-state index contributed by atoms with van der Waals surface area (Å²) in [6.45, 7) is -0.376.